The van der Waals surface area contributed by atoms with Gasteiger partial charge < -0.3 is 14.8 Å². The summed E-state index contributed by atoms with van der Waals surface area (Å²) in [4.78, 5) is 0. The van der Waals surface area contributed by atoms with E-state index >= 15 is 0 Å². The second-order valence-electron chi connectivity index (χ2n) is 5.36. The molecule has 0 aromatic heterocycles. The van der Waals surface area contributed by atoms with Crippen molar-refractivity contribution in [3.8, 4) is 11.5 Å². The highest BCUT2D eigenvalue weighted by atomic mass is 79.9. The number of benzene rings is 2. The van der Waals surface area contributed by atoms with Crippen molar-refractivity contribution < 1.29 is 9.47 Å². The Kier molecular flexibility index (Phi) is 6.78. The van der Waals surface area contributed by atoms with Gasteiger partial charge in [-0.25, -0.2) is 0 Å². The molecule has 5 heteroatoms. The summed E-state index contributed by atoms with van der Waals surface area (Å²) in [5, 5.41) is 3.41. The topological polar surface area (TPSA) is 30.5 Å². The number of hydrogen-bond acceptors (Lipinski definition) is 3. The van der Waals surface area contributed by atoms with E-state index < -0.39 is 0 Å². The van der Waals surface area contributed by atoms with Crippen LogP contribution in [0.3, 0.4) is 0 Å². The molecule has 0 bridgehead atoms. The van der Waals surface area contributed by atoms with Crippen LogP contribution in [0.5, 0.6) is 11.5 Å². The normalized spacial score (nSPS) is 10.7. The molecule has 2 aromatic rings. The third kappa shape index (κ3) is 5.43. The molecule has 0 heterocycles. The van der Waals surface area contributed by atoms with Gasteiger partial charge in [0.15, 0.2) is 11.5 Å². The molecule has 0 aliphatic carbocycles. The molecule has 0 radical (unpaired) electrons. The molecular formula is C18H21Br2NO2. The van der Waals surface area contributed by atoms with Gasteiger partial charge in [0.1, 0.15) is 0 Å². The fraction of sp³-hybridized carbons (Fsp3) is 0.333. The van der Waals surface area contributed by atoms with Crippen LogP contribution in [0.15, 0.2) is 45.3 Å². The molecule has 2 aromatic carbocycles. The van der Waals surface area contributed by atoms with Crippen LogP contribution in [0.2, 0.25) is 0 Å². The molecule has 0 aliphatic heterocycles. The Morgan fingerprint density at radius 3 is 2.39 bits per heavy atom. The molecule has 0 unspecified atom stereocenters. The lowest BCUT2D eigenvalue weighted by molar-refractivity contribution is 0.222. The fourth-order valence-corrected chi connectivity index (χ4v) is 2.96. The van der Waals surface area contributed by atoms with Gasteiger partial charge in [0, 0.05) is 16.7 Å². The summed E-state index contributed by atoms with van der Waals surface area (Å²) in [6.45, 7) is 7.29. The summed E-state index contributed by atoms with van der Waals surface area (Å²) in [6.07, 6.45) is 0.0947. The van der Waals surface area contributed by atoms with Gasteiger partial charge in [0.05, 0.1) is 17.2 Å². The summed E-state index contributed by atoms with van der Waals surface area (Å²) in [5.74, 6) is 1.53. The highest BCUT2D eigenvalue weighted by molar-refractivity contribution is 9.10. The third-order valence-electron chi connectivity index (χ3n) is 3.06. The van der Waals surface area contributed by atoms with Gasteiger partial charge in [0.2, 0.25) is 0 Å². The molecule has 0 atom stereocenters. The summed E-state index contributed by atoms with van der Waals surface area (Å²) in [5.41, 5.74) is 2.20. The molecule has 3 nitrogen and oxygen atoms in total. The zero-order valence-corrected chi connectivity index (χ0v) is 16.7. The molecule has 23 heavy (non-hydrogen) atoms. The summed E-state index contributed by atoms with van der Waals surface area (Å²) < 4.78 is 13.6. The predicted molar refractivity (Wildman–Crippen MR) is 103 cm³/mol. The zero-order chi connectivity index (χ0) is 16.8. The van der Waals surface area contributed by atoms with Crippen LogP contribution in [0.4, 0.5) is 5.69 Å². The summed E-state index contributed by atoms with van der Waals surface area (Å²) in [7, 11) is 0. The van der Waals surface area contributed by atoms with Gasteiger partial charge in [-0.05, 0) is 78.7 Å². The minimum atomic E-state index is 0.0947. The van der Waals surface area contributed by atoms with Gasteiger partial charge in [0.25, 0.3) is 0 Å². The smallest absolute Gasteiger partial charge is 0.175 e. The average molecular weight is 443 g/mol. The van der Waals surface area contributed by atoms with E-state index in [0.29, 0.717) is 13.2 Å². The van der Waals surface area contributed by atoms with Gasteiger partial charge in [-0.15, -0.1) is 0 Å². The number of rotatable bonds is 7. The molecule has 0 saturated heterocycles. The quantitative estimate of drug-likeness (QED) is 0.569. The number of nitrogens with one attached hydrogen (secondary N) is 1. The van der Waals surface area contributed by atoms with E-state index in [0.717, 1.165) is 31.7 Å². The minimum Gasteiger partial charge on any atom is -0.490 e. The third-order valence-corrected chi connectivity index (χ3v) is 4.18. The highest BCUT2D eigenvalue weighted by Gasteiger charge is 2.13. The molecule has 0 amide bonds. The van der Waals surface area contributed by atoms with E-state index in [2.05, 4.69) is 43.2 Å². The van der Waals surface area contributed by atoms with E-state index in [-0.39, 0.29) is 6.10 Å². The fourth-order valence-electron chi connectivity index (χ4n) is 2.11. The van der Waals surface area contributed by atoms with Crippen molar-refractivity contribution in [3.63, 3.8) is 0 Å². The van der Waals surface area contributed by atoms with Crippen molar-refractivity contribution >= 4 is 37.5 Å². The Bertz CT molecular complexity index is 642. The van der Waals surface area contributed by atoms with Crippen LogP contribution < -0.4 is 14.8 Å². The van der Waals surface area contributed by atoms with E-state index in [4.69, 9.17) is 9.47 Å². The van der Waals surface area contributed by atoms with Crippen molar-refractivity contribution in [3.05, 3.63) is 50.9 Å². The second-order valence-corrected chi connectivity index (χ2v) is 7.13. The van der Waals surface area contributed by atoms with Crippen molar-refractivity contribution in [1.29, 1.82) is 0 Å². The number of hydrogen-bond donors (Lipinski definition) is 1. The largest absolute Gasteiger partial charge is 0.490 e. The lowest BCUT2D eigenvalue weighted by atomic mass is 10.2. The van der Waals surface area contributed by atoms with Gasteiger partial charge in [-0.2, -0.15) is 0 Å². The molecular weight excluding hydrogens is 422 g/mol. The molecule has 2 rings (SSSR count). The first-order valence-corrected chi connectivity index (χ1v) is 9.19. The lowest BCUT2D eigenvalue weighted by Gasteiger charge is -2.18. The van der Waals surface area contributed by atoms with Crippen LogP contribution in [0.25, 0.3) is 0 Å². The second kappa shape index (κ2) is 8.60. The van der Waals surface area contributed by atoms with E-state index in [1.807, 2.05) is 51.1 Å². The number of ether oxygens (including phenoxy) is 2. The lowest BCUT2D eigenvalue weighted by Crippen LogP contribution is -2.09. The minimum absolute atomic E-state index is 0.0947. The van der Waals surface area contributed by atoms with Crippen molar-refractivity contribution in [2.45, 2.75) is 33.4 Å². The van der Waals surface area contributed by atoms with Crippen LogP contribution >= 0.6 is 31.9 Å². The SMILES string of the molecule is CCOc1cc(CNc2ccc(Br)cc2)cc(Br)c1OC(C)C. The molecule has 0 saturated carbocycles. The van der Waals surface area contributed by atoms with Gasteiger partial charge in [-0.1, -0.05) is 15.9 Å². The Hall–Kier alpha value is -1.20. The standard InChI is InChI=1S/C18H21Br2NO2/c1-4-22-17-10-13(9-16(20)18(17)23-12(2)3)11-21-15-7-5-14(19)6-8-15/h5-10,12,21H,4,11H2,1-3H3. The van der Waals surface area contributed by atoms with Crippen LogP contribution in [0.1, 0.15) is 26.3 Å². The maximum Gasteiger partial charge on any atom is 0.175 e. The molecule has 1 N–H and O–H groups in total. The van der Waals surface area contributed by atoms with Crippen molar-refractivity contribution in [2.75, 3.05) is 11.9 Å². The van der Waals surface area contributed by atoms with E-state index in [1.165, 1.54) is 0 Å². The van der Waals surface area contributed by atoms with Gasteiger partial charge >= 0.3 is 0 Å². The maximum absolute atomic E-state index is 5.86. The average Bonchev–Trinajstić information content (AvgIpc) is 2.50. The van der Waals surface area contributed by atoms with Gasteiger partial charge in [-0.3, -0.25) is 0 Å². The molecule has 0 fully saturated rings. The number of anilines is 1. The van der Waals surface area contributed by atoms with E-state index in [9.17, 15) is 0 Å². The molecule has 0 spiro atoms. The van der Waals surface area contributed by atoms with Crippen molar-refractivity contribution in [2.24, 2.45) is 0 Å². The molecule has 0 aliphatic rings. The summed E-state index contributed by atoms with van der Waals surface area (Å²) >= 11 is 7.03. The van der Waals surface area contributed by atoms with Crippen LogP contribution in [-0.2, 0) is 6.54 Å². The highest BCUT2D eigenvalue weighted by Crippen LogP contribution is 2.37. The monoisotopic (exact) mass is 441 g/mol. The predicted octanol–water partition coefficient (Wildman–Crippen LogP) is 6.01. The first-order chi connectivity index (χ1) is 11.0. The van der Waals surface area contributed by atoms with Crippen molar-refractivity contribution in [1.82, 2.24) is 0 Å². The van der Waals surface area contributed by atoms with Crippen LogP contribution in [0, 0.1) is 0 Å². The Balaban J connectivity index is 2.17. The maximum atomic E-state index is 5.86. The first-order valence-electron chi connectivity index (χ1n) is 7.61. The Labute approximate surface area is 154 Å². The Morgan fingerprint density at radius 1 is 1.09 bits per heavy atom. The zero-order valence-electron chi connectivity index (χ0n) is 13.5. The summed E-state index contributed by atoms with van der Waals surface area (Å²) in [6, 6.07) is 12.2. The number of halogens is 2. The molecule has 124 valence electrons. The first kappa shape index (κ1) is 18.1. The Morgan fingerprint density at radius 2 is 1.78 bits per heavy atom. The van der Waals surface area contributed by atoms with Crippen LogP contribution in [-0.4, -0.2) is 12.7 Å². The van der Waals surface area contributed by atoms with E-state index in [1.54, 1.807) is 0 Å².